The van der Waals surface area contributed by atoms with Gasteiger partial charge in [-0.25, -0.2) is 0 Å². The van der Waals surface area contributed by atoms with Gasteiger partial charge < -0.3 is 10.6 Å². The van der Waals surface area contributed by atoms with Crippen LogP contribution in [-0.2, 0) is 11.2 Å². The topological polar surface area (TPSA) is 46.3 Å². The summed E-state index contributed by atoms with van der Waals surface area (Å²) in [5.74, 6) is 0.892. The van der Waals surface area contributed by atoms with Gasteiger partial charge in [-0.05, 0) is 55.9 Å². The van der Waals surface area contributed by atoms with Gasteiger partial charge in [-0.2, -0.15) is 0 Å². The molecular weight excluding hydrogens is 260 g/mol. The second kappa shape index (κ2) is 6.08. The monoisotopic (exact) mass is 286 g/mol. The zero-order valence-electron chi connectivity index (χ0n) is 13.0. The summed E-state index contributed by atoms with van der Waals surface area (Å²) < 4.78 is 0. The lowest BCUT2D eigenvalue weighted by Gasteiger charge is -2.25. The molecule has 0 spiro atoms. The minimum atomic E-state index is 0.264. The standard InChI is InChI=1S/C18H26N2O/c1-13-10-15-12-16(19)8-9-17(15)20(13)18(21)11-14-6-4-2-3-5-7-14/h8-9,12-14H,2-7,10-11,19H2,1H3. The van der Waals surface area contributed by atoms with E-state index in [1.54, 1.807) is 0 Å². The highest BCUT2D eigenvalue weighted by molar-refractivity contribution is 5.96. The van der Waals surface area contributed by atoms with Crippen LogP contribution in [0.5, 0.6) is 0 Å². The van der Waals surface area contributed by atoms with E-state index < -0.39 is 0 Å². The number of nitrogens with zero attached hydrogens (tertiary/aromatic N) is 1. The minimum absolute atomic E-state index is 0.264. The van der Waals surface area contributed by atoms with E-state index in [0.717, 1.165) is 17.8 Å². The van der Waals surface area contributed by atoms with Crippen LogP contribution in [0.25, 0.3) is 0 Å². The SMILES string of the molecule is CC1Cc2cc(N)ccc2N1C(=O)CC1CCCCCC1. The van der Waals surface area contributed by atoms with E-state index in [9.17, 15) is 4.79 Å². The van der Waals surface area contributed by atoms with Crippen LogP contribution in [0, 0.1) is 5.92 Å². The van der Waals surface area contributed by atoms with Gasteiger partial charge in [0.15, 0.2) is 0 Å². The van der Waals surface area contributed by atoms with Crippen molar-refractivity contribution < 1.29 is 4.79 Å². The Balaban J connectivity index is 1.72. The Morgan fingerprint density at radius 2 is 1.95 bits per heavy atom. The molecule has 1 aromatic rings. The van der Waals surface area contributed by atoms with Gasteiger partial charge in [0, 0.05) is 23.8 Å². The van der Waals surface area contributed by atoms with E-state index in [1.807, 2.05) is 23.1 Å². The van der Waals surface area contributed by atoms with E-state index in [1.165, 1.54) is 44.1 Å². The molecule has 3 rings (SSSR count). The van der Waals surface area contributed by atoms with Crippen LogP contribution >= 0.6 is 0 Å². The van der Waals surface area contributed by atoms with E-state index in [0.29, 0.717) is 18.2 Å². The highest BCUT2D eigenvalue weighted by atomic mass is 16.2. The number of nitrogens with two attached hydrogens (primary N) is 1. The molecule has 1 aromatic carbocycles. The first kappa shape index (κ1) is 14.4. The summed E-state index contributed by atoms with van der Waals surface area (Å²) >= 11 is 0. The molecule has 0 saturated heterocycles. The van der Waals surface area contributed by atoms with Crippen molar-refractivity contribution in [3.63, 3.8) is 0 Å². The lowest BCUT2D eigenvalue weighted by Crippen LogP contribution is -2.36. The maximum Gasteiger partial charge on any atom is 0.227 e. The van der Waals surface area contributed by atoms with Crippen molar-refractivity contribution >= 4 is 17.3 Å². The third kappa shape index (κ3) is 3.07. The van der Waals surface area contributed by atoms with Crippen molar-refractivity contribution in [3.05, 3.63) is 23.8 Å². The summed E-state index contributed by atoms with van der Waals surface area (Å²) in [6, 6.07) is 6.20. The number of amides is 1. The van der Waals surface area contributed by atoms with Crippen molar-refractivity contribution in [2.75, 3.05) is 10.6 Å². The van der Waals surface area contributed by atoms with Gasteiger partial charge in [-0.1, -0.05) is 25.7 Å². The van der Waals surface area contributed by atoms with Crippen molar-refractivity contribution in [2.45, 2.75) is 64.3 Å². The molecule has 2 N–H and O–H groups in total. The third-order valence-electron chi connectivity index (χ3n) is 5.03. The number of anilines is 2. The van der Waals surface area contributed by atoms with Crippen LogP contribution < -0.4 is 10.6 Å². The van der Waals surface area contributed by atoms with E-state index in [2.05, 4.69) is 6.92 Å². The van der Waals surface area contributed by atoms with Gasteiger partial charge in [0.25, 0.3) is 0 Å². The lowest BCUT2D eigenvalue weighted by molar-refractivity contribution is -0.119. The van der Waals surface area contributed by atoms with Gasteiger partial charge in [-0.15, -0.1) is 0 Å². The quantitative estimate of drug-likeness (QED) is 0.662. The van der Waals surface area contributed by atoms with Crippen LogP contribution in [0.4, 0.5) is 11.4 Å². The molecular formula is C18H26N2O. The summed E-state index contributed by atoms with van der Waals surface area (Å²) in [5.41, 5.74) is 8.95. The van der Waals surface area contributed by atoms with Crippen molar-refractivity contribution in [2.24, 2.45) is 5.92 Å². The van der Waals surface area contributed by atoms with Crippen molar-refractivity contribution in [1.29, 1.82) is 0 Å². The number of carbonyl (C=O) groups excluding carboxylic acids is 1. The largest absolute Gasteiger partial charge is 0.399 e. The predicted octanol–water partition coefficient (Wildman–Crippen LogP) is 3.91. The maximum atomic E-state index is 12.8. The van der Waals surface area contributed by atoms with Crippen molar-refractivity contribution in [1.82, 2.24) is 0 Å². The summed E-state index contributed by atoms with van der Waals surface area (Å²) in [5, 5.41) is 0. The first-order valence-electron chi connectivity index (χ1n) is 8.35. The van der Waals surface area contributed by atoms with Crippen LogP contribution in [0.3, 0.4) is 0 Å². The number of rotatable bonds is 2. The van der Waals surface area contributed by atoms with E-state index in [4.69, 9.17) is 5.73 Å². The molecule has 1 saturated carbocycles. The first-order chi connectivity index (χ1) is 10.1. The molecule has 21 heavy (non-hydrogen) atoms. The average Bonchev–Trinajstić information content (AvgIpc) is 2.61. The molecule has 3 heteroatoms. The number of hydrogen-bond acceptors (Lipinski definition) is 2. The predicted molar refractivity (Wildman–Crippen MR) is 87.3 cm³/mol. The summed E-state index contributed by atoms with van der Waals surface area (Å²) in [4.78, 5) is 14.8. The average molecular weight is 286 g/mol. The summed E-state index contributed by atoms with van der Waals surface area (Å²) in [7, 11) is 0. The Morgan fingerprint density at radius 1 is 1.24 bits per heavy atom. The lowest BCUT2D eigenvalue weighted by atomic mass is 9.96. The Kier molecular flexibility index (Phi) is 4.18. The second-order valence-corrected chi connectivity index (χ2v) is 6.77. The van der Waals surface area contributed by atoms with Crippen LogP contribution in [0.2, 0.25) is 0 Å². The Hall–Kier alpha value is -1.51. The first-order valence-corrected chi connectivity index (χ1v) is 8.35. The van der Waals surface area contributed by atoms with Crippen molar-refractivity contribution in [3.8, 4) is 0 Å². The molecule has 1 fully saturated rings. The molecule has 1 heterocycles. The third-order valence-corrected chi connectivity index (χ3v) is 5.03. The Morgan fingerprint density at radius 3 is 2.67 bits per heavy atom. The number of benzene rings is 1. The molecule has 1 aliphatic carbocycles. The molecule has 3 nitrogen and oxygen atoms in total. The maximum absolute atomic E-state index is 12.8. The van der Waals surface area contributed by atoms with Crippen LogP contribution in [-0.4, -0.2) is 11.9 Å². The number of nitrogen functional groups attached to an aromatic ring is 1. The van der Waals surface area contributed by atoms with Gasteiger partial charge in [0.1, 0.15) is 0 Å². The number of hydrogen-bond donors (Lipinski definition) is 1. The van der Waals surface area contributed by atoms with E-state index in [-0.39, 0.29) is 6.04 Å². The number of fused-ring (bicyclic) bond motifs is 1. The van der Waals surface area contributed by atoms with Gasteiger partial charge in [0.2, 0.25) is 5.91 Å². The molecule has 1 unspecified atom stereocenters. The smallest absolute Gasteiger partial charge is 0.227 e. The zero-order valence-corrected chi connectivity index (χ0v) is 13.0. The van der Waals surface area contributed by atoms with E-state index >= 15 is 0 Å². The minimum Gasteiger partial charge on any atom is -0.399 e. The fourth-order valence-corrected chi connectivity index (χ4v) is 3.94. The number of carbonyl (C=O) groups is 1. The van der Waals surface area contributed by atoms with Gasteiger partial charge >= 0.3 is 0 Å². The zero-order chi connectivity index (χ0) is 14.8. The second-order valence-electron chi connectivity index (χ2n) is 6.77. The van der Waals surface area contributed by atoms with Gasteiger partial charge in [-0.3, -0.25) is 4.79 Å². The fourth-order valence-electron chi connectivity index (χ4n) is 3.94. The summed E-state index contributed by atoms with van der Waals surface area (Å²) in [6.07, 6.45) is 9.36. The Labute approximate surface area is 127 Å². The fraction of sp³-hybridized carbons (Fsp3) is 0.611. The van der Waals surface area contributed by atoms with Gasteiger partial charge in [0.05, 0.1) is 0 Å². The normalized spacial score (nSPS) is 22.9. The molecule has 1 aliphatic heterocycles. The summed E-state index contributed by atoms with van der Waals surface area (Å²) in [6.45, 7) is 2.14. The van der Waals surface area contributed by atoms with Crippen LogP contribution in [0.1, 0.15) is 57.4 Å². The molecule has 2 aliphatic rings. The highest BCUT2D eigenvalue weighted by Crippen LogP contribution is 2.35. The molecule has 0 bridgehead atoms. The molecule has 114 valence electrons. The molecule has 0 aromatic heterocycles. The molecule has 0 radical (unpaired) electrons. The molecule has 1 amide bonds. The highest BCUT2D eigenvalue weighted by Gasteiger charge is 2.31. The Bertz CT molecular complexity index is 518. The molecule has 1 atom stereocenters. The van der Waals surface area contributed by atoms with Crippen LogP contribution in [0.15, 0.2) is 18.2 Å².